The van der Waals surface area contributed by atoms with Crippen molar-refractivity contribution < 1.29 is 9.21 Å². The lowest BCUT2D eigenvalue weighted by atomic mass is 9.95. The maximum absolute atomic E-state index is 12.3. The Morgan fingerprint density at radius 1 is 1.35 bits per heavy atom. The number of hydrogen-bond acceptors (Lipinski definition) is 4. The zero-order valence-corrected chi connectivity index (χ0v) is 11.8. The molecule has 1 aromatic heterocycles. The first-order valence-corrected chi connectivity index (χ1v) is 7.43. The first kappa shape index (κ1) is 12.3. The van der Waals surface area contributed by atoms with Crippen molar-refractivity contribution in [2.75, 3.05) is 0 Å². The van der Waals surface area contributed by atoms with Gasteiger partial charge in [0.15, 0.2) is 5.09 Å². The Hall–Kier alpha value is -1.46. The fourth-order valence-electron chi connectivity index (χ4n) is 3.41. The van der Waals surface area contributed by atoms with E-state index < -0.39 is 0 Å². The minimum Gasteiger partial charge on any atom is -0.450 e. The highest BCUT2D eigenvalue weighted by atomic mass is 32.1. The number of nitrogens with one attached hydrogen (secondary N) is 2. The van der Waals surface area contributed by atoms with Crippen LogP contribution in [0.4, 0.5) is 0 Å². The van der Waals surface area contributed by atoms with E-state index in [1.165, 1.54) is 12.8 Å². The third-order valence-electron chi connectivity index (χ3n) is 4.38. The first-order valence-electron chi connectivity index (χ1n) is 6.98. The number of benzene rings is 1. The molecule has 0 spiro atoms. The summed E-state index contributed by atoms with van der Waals surface area (Å²) >= 11 is 4.18. The zero-order chi connectivity index (χ0) is 13.7. The number of rotatable bonds is 2. The van der Waals surface area contributed by atoms with Crippen molar-refractivity contribution in [3.8, 4) is 0 Å². The van der Waals surface area contributed by atoms with Crippen molar-refractivity contribution in [2.24, 2.45) is 0 Å². The monoisotopic (exact) mass is 288 g/mol. The van der Waals surface area contributed by atoms with Gasteiger partial charge in [-0.2, -0.15) is 0 Å². The van der Waals surface area contributed by atoms with Gasteiger partial charge < -0.3 is 15.1 Å². The molecule has 1 amide bonds. The van der Waals surface area contributed by atoms with Crippen LogP contribution >= 0.6 is 12.6 Å². The molecule has 4 rings (SSSR count). The van der Waals surface area contributed by atoms with Gasteiger partial charge in [0.2, 0.25) is 0 Å². The summed E-state index contributed by atoms with van der Waals surface area (Å²) in [6.07, 6.45) is 3.45. The van der Waals surface area contributed by atoms with Crippen LogP contribution in [0.1, 0.15) is 29.6 Å². The second-order valence-corrected chi connectivity index (χ2v) is 6.14. The van der Waals surface area contributed by atoms with Crippen molar-refractivity contribution in [1.29, 1.82) is 0 Å². The average molecular weight is 288 g/mol. The second kappa shape index (κ2) is 4.53. The predicted octanol–water partition coefficient (Wildman–Crippen LogP) is 2.34. The minimum absolute atomic E-state index is 0.00633. The molecule has 2 aliphatic rings. The van der Waals surface area contributed by atoms with Crippen molar-refractivity contribution in [1.82, 2.24) is 10.6 Å². The van der Waals surface area contributed by atoms with Gasteiger partial charge in [0.05, 0.1) is 0 Å². The van der Waals surface area contributed by atoms with E-state index in [-0.39, 0.29) is 11.9 Å². The van der Waals surface area contributed by atoms with E-state index in [0.717, 1.165) is 17.4 Å². The van der Waals surface area contributed by atoms with E-state index >= 15 is 0 Å². The Kier molecular flexibility index (Phi) is 2.79. The van der Waals surface area contributed by atoms with Crippen molar-refractivity contribution in [3.05, 3.63) is 29.8 Å². The molecule has 3 heterocycles. The van der Waals surface area contributed by atoms with Crippen LogP contribution < -0.4 is 10.6 Å². The van der Waals surface area contributed by atoms with Crippen molar-refractivity contribution >= 4 is 29.5 Å². The Morgan fingerprint density at radius 3 is 3.00 bits per heavy atom. The SMILES string of the molecule is O=C(N[C@@H]1C[C@H]2CC[C@@H]1N2)c1ccc2oc(S)cc2c1. The van der Waals surface area contributed by atoms with Gasteiger partial charge in [0, 0.05) is 29.1 Å². The molecule has 2 bridgehead atoms. The first-order chi connectivity index (χ1) is 9.69. The van der Waals surface area contributed by atoms with E-state index in [4.69, 9.17) is 4.42 Å². The van der Waals surface area contributed by atoms with Gasteiger partial charge >= 0.3 is 0 Å². The number of amides is 1. The average Bonchev–Trinajstić information content (AvgIpc) is 3.10. The molecular formula is C15H16N2O2S. The summed E-state index contributed by atoms with van der Waals surface area (Å²) in [6.45, 7) is 0. The molecule has 0 saturated carbocycles. The van der Waals surface area contributed by atoms with Gasteiger partial charge in [-0.3, -0.25) is 4.79 Å². The van der Waals surface area contributed by atoms with Crippen LogP contribution in [0.3, 0.4) is 0 Å². The van der Waals surface area contributed by atoms with E-state index in [0.29, 0.717) is 22.7 Å². The fourth-order valence-corrected chi connectivity index (χ4v) is 3.64. The normalized spacial score (nSPS) is 28.1. The summed E-state index contributed by atoms with van der Waals surface area (Å²) in [4.78, 5) is 12.3. The summed E-state index contributed by atoms with van der Waals surface area (Å²) in [5, 5.41) is 8.15. The van der Waals surface area contributed by atoms with Gasteiger partial charge in [-0.25, -0.2) is 0 Å². The summed E-state index contributed by atoms with van der Waals surface area (Å²) in [6, 6.07) is 8.61. The molecule has 2 aromatic rings. The van der Waals surface area contributed by atoms with Crippen LogP contribution in [0, 0.1) is 0 Å². The largest absolute Gasteiger partial charge is 0.450 e. The molecule has 2 saturated heterocycles. The summed E-state index contributed by atoms with van der Waals surface area (Å²) in [5.74, 6) is -0.00633. The third-order valence-corrected chi connectivity index (χ3v) is 4.60. The number of thiol groups is 1. The molecule has 0 aliphatic carbocycles. The summed E-state index contributed by atoms with van der Waals surface area (Å²) < 4.78 is 5.40. The van der Waals surface area contributed by atoms with Gasteiger partial charge in [-0.1, -0.05) is 0 Å². The van der Waals surface area contributed by atoms with E-state index in [9.17, 15) is 4.79 Å². The van der Waals surface area contributed by atoms with Crippen molar-refractivity contribution in [3.63, 3.8) is 0 Å². The second-order valence-electron chi connectivity index (χ2n) is 5.70. The van der Waals surface area contributed by atoms with E-state index in [1.54, 1.807) is 6.07 Å². The molecule has 1 aromatic carbocycles. The summed E-state index contributed by atoms with van der Waals surface area (Å²) in [7, 11) is 0. The van der Waals surface area contributed by atoms with Crippen LogP contribution in [0.25, 0.3) is 11.0 Å². The Morgan fingerprint density at radius 2 is 2.25 bits per heavy atom. The van der Waals surface area contributed by atoms with E-state index in [2.05, 4.69) is 23.3 Å². The lowest BCUT2D eigenvalue weighted by Crippen LogP contribution is -2.42. The lowest BCUT2D eigenvalue weighted by Gasteiger charge is -2.21. The van der Waals surface area contributed by atoms with Crippen LogP contribution in [-0.2, 0) is 0 Å². The van der Waals surface area contributed by atoms with Gasteiger partial charge in [-0.15, -0.1) is 12.6 Å². The number of hydrogen-bond donors (Lipinski definition) is 3. The standard InChI is InChI=1S/C15H16N2O2S/c18-15(17-12-7-10-2-3-11(12)16-10)8-1-4-13-9(5-8)6-14(20)19-13/h1,4-6,10-12,16,20H,2-3,7H2,(H,17,18)/t10-,11+,12-/m1/s1. The fraction of sp³-hybridized carbons (Fsp3) is 0.400. The van der Waals surface area contributed by atoms with Crippen LogP contribution in [0.15, 0.2) is 33.8 Å². The lowest BCUT2D eigenvalue weighted by molar-refractivity contribution is 0.0931. The molecule has 3 atom stereocenters. The van der Waals surface area contributed by atoms with Crippen LogP contribution in [-0.4, -0.2) is 24.0 Å². The summed E-state index contributed by atoms with van der Waals surface area (Å²) in [5.41, 5.74) is 1.43. The van der Waals surface area contributed by atoms with Crippen LogP contribution in [0.2, 0.25) is 0 Å². The quantitative estimate of drug-likeness (QED) is 0.744. The topological polar surface area (TPSA) is 54.3 Å². The molecule has 20 heavy (non-hydrogen) atoms. The Balaban J connectivity index is 1.54. The molecule has 0 unspecified atom stereocenters. The number of carbonyl (C=O) groups is 1. The Labute approximate surface area is 122 Å². The van der Waals surface area contributed by atoms with Gasteiger partial charge in [0.1, 0.15) is 5.58 Å². The van der Waals surface area contributed by atoms with Gasteiger partial charge in [-0.05, 0) is 43.5 Å². The Bertz CT molecular complexity index is 682. The highest BCUT2D eigenvalue weighted by Gasteiger charge is 2.39. The minimum atomic E-state index is -0.00633. The van der Waals surface area contributed by atoms with E-state index in [1.807, 2.05) is 18.2 Å². The molecular weight excluding hydrogens is 272 g/mol. The predicted molar refractivity (Wildman–Crippen MR) is 79.3 cm³/mol. The molecule has 0 radical (unpaired) electrons. The number of furan rings is 1. The van der Waals surface area contributed by atoms with Crippen LogP contribution in [0.5, 0.6) is 0 Å². The molecule has 2 aliphatic heterocycles. The smallest absolute Gasteiger partial charge is 0.251 e. The number of carbonyl (C=O) groups excluding carboxylic acids is 1. The molecule has 2 N–H and O–H groups in total. The highest BCUT2D eigenvalue weighted by molar-refractivity contribution is 7.80. The molecule has 104 valence electrons. The third kappa shape index (κ3) is 2.01. The zero-order valence-electron chi connectivity index (χ0n) is 10.9. The molecule has 2 fully saturated rings. The maximum Gasteiger partial charge on any atom is 0.251 e. The van der Waals surface area contributed by atoms with Crippen molar-refractivity contribution in [2.45, 2.75) is 42.5 Å². The maximum atomic E-state index is 12.3. The van der Waals surface area contributed by atoms with Gasteiger partial charge in [0.25, 0.3) is 5.91 Å². The highest BCUT2D eigenvalue weighted by Crippen LogP contribution is 2.28. The molecule has 4 nitrogen and oxygen atoms in total. The number of fused-ring (bicyclic) bond motifs is 3. The molecule has 5 heteroatoms.